The Balaban J connectivity index is 2.66. The fourth-order valence-electron chi connectivity index (χ4n) is 1.69. The van der Waals surface area contributed by atoms with Crippen molar-refractivity contribution in [3.8, 4) is 22.6 Å². The zero-order chi connectivity index (χ0) is 12.3. The monoisotopic (exact) mass is 248 g/mol. The lowest BCUT2D eigenvalue weighted by atomic mass is 10.0. The SMILES string of the molecule is COc1cc(C=O)cc(-c2ccsc2)c1OC. The van der Waals surface area contributed by atoms with Gasteiger partial charge in [0.05, 0.1) is 14.2 Å². The quantitative estimate of drug-likeness (QED) is 0.779. The molecule has 0 aliphatic heterocycles. The molecule has 1 heterocycles. The number of methoxy groups -OCH3 is 2. The van der Waals surface area contributed by atoms with Gasteiger partial charge in [-0.05, 0) is 34.5 Å². The molecule has 0 fully saturated rings. The Morgan fingerprint density at radius 2 is 2.06 bits per heavy atom. The van der Waals surface area contributed by atoms with E-state index in [0.29, 0.717) is 17.1 Å². The van der Waals surface area contributed by atoms with Crippen LogP contribution >= 0.6 is 11.3 Å². The van der Waals surface area contributed by atoms with E-state index in [-0.39, 0.29) is 0 Å². The van der Waals surface area contributed by atoms with Gasteiger partial charge in [0.2, 0.25) is 0 Å². The molecule has 0 radical (unpaired) electrons. The van der Waals surface area contributed by atoms with E-state index in [2.05, 4.69) is 0 Å². The van der Waals surface area contributed by atoms with Gasteiger partial charge in [0.25, 0.3) is 0 Å². The molecule has 0 saturated heterocycles. The number of benzene rings is 1. The number of hydrogen-bond donors (Lipinski definition) is 0. The molecule has 0 bridgehead atoms. The molecule has 0 amide bonds. The predicted octanol–water partition coefficient (Wildman–Crippen LogP) is 3.24. The van der Waals surface area contributed by atoms with E-state index in [1.807, 2.05) is 16.8 Å². The maximum Gasteiger partial charge on any atom is 0.168 e. The molecule has 0 spiro atoms. The minimum absolute atomic E-state index is 0.568. The van der Waals surface area contributed by atoms with Crippen LogP contribution in [0.3, 0.4) is 0 Å². The first-order valence-electron chi connectivity index (χ1n) is 5.04. The van der Waals surface area contributed by atoms with Crippen LogP contribution in [0.4, 0.5) is 0 Å². The van der Waals surface area contributed by atoms with Gasteiger partial charge in [0.15, 0.2) is 11.5 Å². The topological polar surface area (TPSA) is 35.5 Å². The van der Waals surface area contributed by atoms with E-state index in [4.69, 9.17) is 9.47 Å². The number of carbonyl (C=O) groups is 1. The van der Waals surface area contributed by atoms with Crippen LogP contribution in [0.25, 0.3) is 11.1 Å². The highest BCUT2D eigenvalue weighted by Gasteiger charge is 2.14. The van der Waals surface area contributed by atoms with Crippen LogP contribution in [0.1, 0.15) is 10.4 Å². The summed E-state index contributed by atoms with van der Waals surface area (Å²) in [5, 5.41) is 3.99. The zero-order valence-corrected chi connectivity index (χ0v) is 10.4. The van der Waals surface area contributed by atoms with E-state index in [1.165, 1.54) is 0 Å². The van der Waals surface area contributed by atoms with Crippen LogP contribution in [0.5, 0.6) is 11.5 Å². The van der Waals surface area contributed by atoms with E-state index < -0.39 is 0 Å². The molecule has 0 unspecified atom stereocenters. The molecule has 0 atom stereocenters. The summed E-state index contributed by atoms with van der Waals surface area (Å²) in [5.74, 6) is 1.22. The van der Waals surface area contributed by atoms with Crippen molar-refractivity contribution in [2.24, 2.45) is 0 Å². The first kappa shape index (κ1) is 11.7. The Bertz CT molecular complexity index is 518. The van der Waals surface area contributed by atoms with Gasteiger partial charge in [-0.25, -0.2) is 0 Å². The van der Waals surface area contributed by atoms with Gasteiger partial charge in [-0.15, -0.1) is 0 Å². The Labute approximate surface area is 104 Å². The number of aldehydes is 1. The smallest absolute Gasteiger partial charge is 0.168 e. The Morgan fingerprint density at radius 3 is 2.59 bits per heavy atom. The summed E-state index contributed by atoms with van der Waals surface area (Å²) < 4.78 is 10.6. The summed E-state index contributed by atoms with van der Waals surface area (Å²) >= 11 is 1.60. The number of thiophene rings is 1. The third kappa shape index (κ3) is 2.17. The lowest BCUT2D eigenvalue weighted by Gasteiger charge is -2.12. The van der Waals surface area contributed by atoms with Crippen LogP contribution < -0.4 is 9.47 Å². The lowest BCUT2D eigenvalue weighted by molar-refractivity contribution is 0.112. The van der Waals surface area contributed by atoms with Gasteiger partial charge >= 0.3 is 0 Å². The third-order valence-corrected chi connectivity index (χ3v) is 3.15. The van der Waals surface area contributed by atoms with Crippen molar-refractivity contribution in [3.05, 3.63) is 34.5 Å². The molecule has 4 heteroatoms. The van der Waals surface area contributed by atoms with Crippen molar-refractivity contribution < 1.29 is 14.3 Å². The van der Waals surface area contributed by atoms with E-state index in [9.17, 15) is 4.79 Å². The Morgan fingerprint density at radius 1 is 1.24 bits per heavy atom. The fourth-order valence-corrected chi connectivity index (χ4v) is 2.34. The number of rotatable bonds is 4. The second kappa shape index (κ2) is 5.01. The highest BCUT2D eigenvalue weighted by atomic mass is 32.1. The van der Waals surface area contributed by atoms with Crippen molar-refractivity contribution in [2.45, 2.75) is 0 Å². The minimum Gasteiger partial charge on any atom is -0.493 e. The Hall–Kier alpha value is -1.81. The maximum atomic E-state index is 10.9. The maximum absolute atomic E-state index is 10.9. The average Bonchev–Trinajstić information content (AvgIpc) is 2.90. The van der Waals surface area contributed by atoms with E-state index in [1.54, 1.807) is 37.7 Å². The molecule has 2 aromatic rings. The van der Waals surface area contributed by atoms with E-state index >= 15 is 0 Å². The Kier molecular flexibility index (Phi) is 3.44. The molecule has 0 aliphatic carbocycles. The zero-order valence-electron chi connectivity index (χ0n) is 9.60. The molecular weight excluding hydrogens is 236 g/mol. The summed E-state index contributed by atoms with van der Waals surface area (Å²) in [4.78, 5) is 10.9. The molecule has 2 rings (SSSR count). The first-order valence-corrected chi connectivity index (χ1v) is 5.98. The molecule has 0 aliphatic rings. The number of carbonyl (C=O) groups excluding carboxylic acids is 1. The summed E-state index contributed by atoms with van der Waals surface area (Å²) in [6.07, 6.45) is 0.803. The highest BCUT2D eigenvalue weighted by molar-refractivity contribution is 7.08. The van der Waals surface area contributed by atoms with Gasteiger partial charge in [-0.3, -0.25) is 4.79 Å². The largest absolute Gasteiger partial charge is 0.493 e. The van der Waals surface area contributed by atoms with Crippen LogP contribution in [0.2, 0.25) is 0 Å². The number of ether oxygens (including phenoxy) is 2. The van der Waals surface area contributed by atoms with Gasteiger partial charge < -0.3 is 9.47 Å². The molecule has 88 valence electrons. The van der Waals surface area contributed by atoms with Gasteiger partial charge in [0.1, 0.15) is 6.29 Å². The average molecular weight is 248 g/mol. The fraction of sp³-hybridized carbons (Fsp3) is 0.154. The van der Waals surface area contributed by atoms with Gasteiger partial charge in [0, 0.05) is 11.1 Å². The van der Waals surface area contributed by atoms with Crippen LogP contribution in [0.15, 0.2) is 29.0 Å². The highest BCUT2D eigenvalue weighted by Crippen LogP contribution is 2.39. The second-order valence-electron chi connectivity index (χ2n) is 3.43. The summed E-state index contributed by atoms with van der Waals surface area (Å²) in [6.45, 7) is 0. The molecule has 0 N–H and O–H groups in total. The van der Waals surface area contributed by atoms with Crippen molar-refractivity contribution in [1.82, 2.24) is 0 Å². The standard InChI is InChI=1S/C13H12O3S/c1-15-12-6-9(7-14)5-11(13(12)16-2)10-3-4-17-8-10/h3-8H,1-2H3. The molecule has 3 nitrogen and oxygen atoms in total. The van der Waals surface area contributed by atoms with Crippen LogP contribution in [0, 0.1) is 0 Å². The van der Waals surface area contributed by atoms with Gasteiger partial charge in [-0.2, -0.15) is 11.3 Å². The second-order valence-corrected chi connectivity index (χ2v) is 4.21. The van der Waals surface area contributed by atoms with Crippen LogP contribution in [-0.4, -0.2) is 20.5 Å². The normalized spacial score (nSPS) is 10.0. The molecule has 0 saturated carbocycles. The van der Waals surface area contributed by atoms with Gasteiger partial charge in [-0.1, -0.05) is 0 Å². The summed E-state index contributed by atoms with van der Waals surface area (Å²) in [5.41, 5.74) is 2.47. The van der Waals surface area contributed by atoms with Crippen molar-refractivity contribution in [3.63, 3.8) is 0 Å². The first-order chi connectivity index (χ1) is 8.30. The lowest BCUT2D eigenvalue weighted by Crippen LogP contribution is -1.95. The van der Waals surface area contributed by atoms with E-state index in [0.717, 1.165) is 17.4 Å². The van der Waals surface area contributed by atoms with Crippen molar-refractivity contribution >= 4 is 17.6 Å². The summed E-state index contributed by atoms with van der Waals surface area (Å²) in [6, 6.07) is 5.45. The summed E-state index contributed by atoms with van der Waals surface area (Å²) in [7, 11) is 3.15. The van der Waals surface area contributed by atoms with Crippen molar-refractivity contribution in [2.75, 3.05) is 14.2 Å². The predicted molar refractivity (Wildman–Crippen MR) is 68.2 cm³/mol. The number of hydrogen-bond acceptors (Lipinski definition) is 4. The molecule has 17 heavy (non-hydrogen) atoms. The molecular formula is C13H12O3S. The third-order valence-electron chi connectivity index (χ3n) is 2.47. The molecule has 1 aromatic carbocycles. The van der Waals surface area contributed by atoms with Crippen LogP contribution in [-0.2, 0) is 0 Å². The molecule has 1 aromatic heterocycles. The van der Waals surface area contributed by atoms with Crippen molar-refractivity contribution in [1.29, 1.82) is 0 Å². The minimum atomic E-state index is 0.568.